The highest BCUT2D eigenvalue weighted by molar-refractivity contribution is 5.37. The van der Waals surface area contributed by atoms with Crippen molar-refractivity contribution in [2.24, 2.45) is 0 Å². The zero-order valence-electron chi connectivity index (χ0n) is 7.40. The Kier molecular flexibility index (Phi) is 2.17. The number of benzene rings is 1. The van der Waals surface area contributed by atoms with Gasteiger partial charge in [-0.25, -0.2) is 0 Å². The highest BCUT2D eigenvalue weighted by Crippen LogP contribution is 2.22. The first kappa shape index (κ1) is 8.11. The van der Waals surface area contributed by atoms with Crippen LogP contribution in [-0.2, 0) is 6.42 Å². The van der Waals surface area contributed by atoms with Gasteiger partial charge in [-0.15, -0.1) is 0 Å². The molecule has 0 aromatic heterocycles. The number of para-hydroxylation sites is 1. The van der Waals surface area contributed by atoms with E-state index in [1.165, 1.54) is 5.57 Å². The molecule has 0 bridgehead atoms. The molecule has 0 amide bonds. The molecule has 0 saturated heterocycles. The topological polar surface area (TPSA) is 20.2 Å². The smallest absolute Gasteiger partial charge is 0.119 e. The number of hydrogen-bond acceptors (Lipinski definition) is 1. The molecule has 0 fully saturated rings. The van der Waals surface area contributed by atoms with Crippen molar-refractivity contribution >= 4 is 0 Å². The van der Waals surface area contributed by atoms with Gasteiger partial charge in [-0.3, -0.25) is 0 Å². The van der Waals surface area contributed by atoms with Crippen LogP contribution in [0.2, 0.25) is 0 Å². The molecular weight excluding hydrogens is 160 g/mol. The molecule has 0 spiro atoms. The van der Waals surface area contributed by atoms with Gasteiger partial charge in [0.25, 0.3) is 0 Å². The summed E-state index contributed by atoms with van der Waals surface area (Å²) in [7, 11) is 0. The van der Waals surface area contributed by atoms with Gasteiger partial charge in [-0.2, -0.15) is 0 Å². The Morgan fingerprint density at radius 1 is 1.23 bits per heavy atom. The highest BCUT2D eigenvalue weighted by atomic mass is 16.3. The largest absolute Gasteiger partial charge is 0.508 e. The van der Waals surface area contributed by atoms with Crippen molar-refractivity contribution in [3.8, 4) is 5.75 Å². The predicted octanol–water partition coefficient (Wildman–Crippen LogP) is 2.82. The average Bonchev–Trinajstić information content (AvgIpc) is 2.61. The molecule has 1 nitrogen and oxygen atoms in total. The third kappa shape index (κ3) is 1.81. The van der Waals surface area contributed by atoms with Crippen LogP contribution in [0.4, 0.5) is 0 Å². The van der Waals surface area contributed by atoms with Crippen molar-refractivity contribution in [1.29, 1.82) is 0 Å². The predicted molar refractivity (Wildman–Crippen MR) is 53.7 cm³/mol. The van der Waals surface area contributed by atoms with Crippen molar-refractivity contribution in [2.75, 3.05) is 0 Å². The lowest BCUT2D eigenvalue weighted by molar-refractivity contribution is 0.469. The maximum Gasteiger partial charge on any atom is 0.119 e. The molecule has 66 valence electrons. The van der Waals surface area contributed by atoms with E-state index in [1.54, 1.807) is 6.07 Å². The van der Waals surface area contributed by atoms with Crippen molar-refractivity contribution in [3.63, 3.8) is 0 Å². The van der Waals surface area contributed by atoms with Crippen LogP contribution >= 0.6 is 0 Å². The third-order valence-electron chi connectivity index (χ3n) is 2.26. The Morgan fingerprint density at radius 3 is 2.77 bits per heavy atom. The molecule has 0 unspecified atom stereocenters. The van der Waals surface area contributed by atoms with E-state index >= 15 is 0 Å². The Hall–Kier alpha value is -1.50. The lowest BCUT2D eigenvalue weighted by Gasteiger charge is -2.04. The summed E-state index contributed by atoms with van der Waals surface area (Å²) in [5.41, 5.74) is 2.37. The van der Waals surface area contributed by atoms with Crippen LogP contribution in [0.25, 0.3) is 0 Å². The van der Waals surface area contributed by atoms with E-state index < -0.39 is 0 Å². The van der Waals surface area contributed by atoms with Gasteiger partial charge >= 0.3 is 0 Å². The summed E-state index contributed by atoms with van der Waals surface area (Å²) in [5.74, 6) is 0.398. The molecule has 0 heterocycles. The van der Waals surface area contributed by atoms with Gasteiger partial charge in [0.05, 0.1) is 0 Å². The summed E-state index contributed by atoms with van der Waals surface area (Å²) >= 11 is 0. The second-order valence-corrected chi connectivity index (χ2v) is 3.26. The summed E-state index contributed by atoms with van der Waals surface area (Å²) in [6.07, 6.45) is 8.20. The maximum atomic E-state index is 9.52. The van der Waals surface area contributed by atoms with Gasteiger partial charge in [0, 0.05) is 0 Å². The van der Waals surface area contributed by atoms with Gasteiger partial charge in [0.1, 0.15) is 5.75 Å². The Bertz CT molecular complexity index is 361. The summed E-state index contributed by atoms with van der Waals surface area (Å²) in [4.78, 5) is 0. The van der Waals surface area contributed by atoms with Gasteiger partial charge in [0.15, 0.2) is 0 Å². The number of aromatic hydroxyl groups is 1. The van der Waals surface area contributed by atoms with Crippen LogP contribution in [0.3, 0.4) is 0 Å². The van der Waals surface area contributed by atoms with Crippen LogP contribution in [-0.4, -0.2) is 5.11 Å². The van der Waals surface area contributed by atoms with Crippen LogP contribution in [0, 0.1) is 0 Å². The van der Waals surface area contributed by atoms with E-state index in [2.05, 4.69) is 18.2 Å². The van der Waals surface area contributed by atoms with E-state index in [0.717, 1.165) is 18.4 Å². The lowest BCUT2D eigenvalue weighted by Crippen LogP contribution is -1.88. The molecule has 0 radical (unpaired) electrons. The second-order valence-electron chi connectivity index (χ2n) is 3.26. The summed E-state index contributed by atoms with van der Waals surface area (Å²) in [5, 5.41) is 9.52. The number of phenolic OH excluding ortho intramolecular Hbond substituents is 1. The molecule has 1 heteroatoms. The molecule has 1 aliphatic rings. The van der Waals surface area contributed by atoms with Gasteiger partial charge in [0.2, 0.25) is 0 Å². The molecule has 1 aromatic carbocycles. The molecular formula is C12H12O. The van der Waals surface area contributed by atoms with E-state index in [0.29, 0.717) is 5.75 Å². The quantitative estimate of drug-likeness (QED) is 0.727. The SMILES string of the molecule is Oc1ccccc1CC1=CC=CC1. The first-order valence-corrected chi connectivity index (χ1v) is 4.48. The van der Waals surface area contributed by atoms with E-state index in [-0.39, 0.29) is 0 Å². The highest BCUT2D eigenvalue weighted by Gasteiger charge is 2.04. The van der Waals surface area contributed by atoms with Crippen LogP contribution in [0.1, 0.15) is 12.0 Å². The molecule has 0 aliphatic heterocycles. The molecule has 2 rings (SSSR count). The summed E-state index contributed by atoms with van der Waals surface area (Å²) < 4.78 is 0. The van der Waals surface area contributed by atoms with Crippen LogP contribution in [0.5, 0.6) is 5.75 Å². The van der Waals surface area contributed by atoms with Gasteiger partial charge < -0.3 is 5.11 Å². The molecule has 13 heavy (non-hydrogen) atoms. The van der Waals surface area contributed by atoms with Crippen molar-refractivity contribution in [3.05, 3.63) is 53.6 Å². The standard InChI is InChI=1S/C12H12O/c13-12-8-4-3-7-11(12)9-10-5-1-2-6-10/h1-5,7-8,13H,6,9H2. The van der Waals surface area contributed by atoms with E-state index in [4.69, 9.17) is 0 Å². The lowest BCUT2D eigenvalue weighted by atomic mass is 10.0. The number of allylic oxidation sites excluding steroid dienone is 4. The fraction of sp³-hybridized carbons (Fsp3) is 0.167. The molecule has 1 aliphatic carbocycles. The first-order chi connectivity index (χ1) is 6.36. The number of hydrogen-bond donors (Lipinski definition) is 1. The van der Waals surface area contributed by atoms with Crippen molar-refractivity contribution in [2.45, 2.75) is 12.8 Å². The second kappa shape index (κ2) is 3.48. The average molecular weight is 172 g/mol. The molecule has 1 aromatic rings. The van der Waals surface area contributed by atoms with Gasteiger partial charge in [-0.1, -0.05) is 42.0 Å². The Labute approximate surface area is 78.0 Å². The van der Waals surface area contributed by atoms with E-state index in [9.17, 15) is 5.11 Å². The molecule has 0 atom stereocenters. The van der Waals surface area contributed by atoms with E-state index in [1.807, 2.05) is 18.2 Å². The van der Waals surface area contributed by atoms with Crippen LogP contribution in [0.15, 0.2) is 48.1 Å². The minimum atomic E-state index is 0.398. The molecule has 0 saturated carbocycles. The molecule has 1 N–H and O–H groups in total. The van der Waals surface area contributed by atoms with Crippen molar-refractivity contribution in [1.82, 2.24) is 0 Å². The monoisotopic (exact) mass is 172 g/mol. The zero-order valence-corrected chi connectivity index (χ0v) is 7.40. The van der Waals surface area contributed by atoms with Gasteiger partial charge in [-0.05, 0) is 24.5 Å². The summed E-state index contributed by atoms with van der Waals surface area (Å²) in [6, 6.07) is 7.50. The fourth-order valence-corrected chi connectivity index (χ4v) is 1.53. The minimum absolute atomic E-state index is 0.398. The van der Waals surface area contributed by atoms with Crippen LogP contribution < -0.4 is 0 Å². The Morgan fingerprint density at radius 2 is 2.08 bits per heavy atom. The number of phenols is 1. The third-order valence-corrected chi connectivity index (χ3v) is 2.26. The maximum absolute atomic E-state index is 9.52. The fourth-order valence-electron chi connectivity index (χ4n) is 1.53. The number of rotatable bonds is 2. The normalized spacial score (nSPS) is 14.6. The van der Waals surface area contributed by atoms with Crippen molar-refractivity contribution < 1.29 is 5.11 Å². The zero-order chi connectivity index (χ0) is 9.10. The Balaban J connectivity index is 2.14. The minimum Gasteiger partial charge on any atom is -0.508 e. The first-order valence-electron chi connectivity index (χ1n) is 4.48. The summed E-state index contributed by atoms with van der Waals surface area (Å²) in [6.45, 7) is 0.